The number of nitrogens with one attached hydrogen (secondary N) is 1. The van der Waals surface area contributed by atoms with Crippen LogP contribution < -0.4 is 5.76 Å². The van der Waals surface area contributed by atoms with Gasteiger partial charge in [-0.2, -0.15) is 0 Å². The standard InChI is InChI=1S/C9H8BrNO2/c1-4-3-6(10)5(2)7-8(4)13-9(12)11-7/h3H,1-2H3,(H,11,12). The van der Waals surface area contributed by atoms with Crippen molar-refractivity contribution in [3.05, 3.63) is 32.2 Å². The third-order valence-corrected chi connectivity index (χ3v) is 2.91. The molecule has 0 saturated heterocycles. The van der Waals surface area contributed by atoms with Gasteiger partial charge in [0.2, 0.25) is 0 Å². The molecule has 0 aliphatic carbocycles. The normalized spacial score (nSPS) is 11.0. The fraction of sp³-hybridized carbons (Fsp3) is 0.222. The number of benzene rings is 1. The third kappa shape index (κ3) is 1.21. The minimum atomic E-state index is -0.403. The molecule has 2 rings (SSSR count). The molecule has 13 heavy (non-hydrogen) atoms. The topological polar surface area (TPSA) is 46.0 Å². The average Bonchev–Trinajstić information content (AvgIpc) is 2.44. The van der Waals surface area contributed by atoms with E-state index in [2.05, 4.69) is 20.9 Å². The van der Waals surface area contributed by atoms with Crippen molar-refractivity contribution < 1.29 is 4.42 Å². The van der Waals surface area contributed by atoms with Crippen LogP contribution in [0.2, 0.25) is 0 Å². The summed E-state index contributed by atoms with van der Waals surface area (Å²) in [5, 5.41) is 0. The van der Waals surface area contributed by atoms with Gasteiger partial charge in [-0.3, -0.25) is 4.98 Å². The van der Waals surface area contributed by atoms with Crippen LogP contribution in [0.3, 0.4) is 0 Å². The predicted molar refractivity (Wildman–Crippen MR) is 54.0 cm³/mol. The molecule has 1 heterocycles. The van der Waals surface area contributed by atoms with Crippen molar-refractivity contribution in [1.29, 1.82) is 0 Å². The Balaban J connectivity index is 3.04. The van der Waals surface area contributed by atoms with Gasteiger partial charge in [-0.1, -0.05) is 15.9 Å². The molecule has 0 amide bonds. The largest absolute Gasteiger partial charge is 0.417 e. The summed E-state index contributed by atoms with van der Waals surface area (Å²) in [6, 6.07) is 1.94. The molecule has 1 aromatic carbocycles. The first-order chi connectivity index (χ1) is 6.09. The van der Waals surface area contributed by atoms with E-state index < -0.39 is 5.76 Å². The SMILES string of the molecule is Cc1c(Br)cc(C)c2oc(=O)[nH]c12. The molecule has 1 N–H and O–H groups in total. The summed E-state index contributed by atoms with van der Waals surface area (Å²) in [5.74, 6) is -0.403. The smallest absolute Gasteiger partial charge is 0.408 e. The molecule has 0 atom stereocenters. The molecule has 0 spiro atoms. The van der Waals surface area contributed by atoms with E-state index in [1.165, 1.54) is 0 Å². The highest BCUT2D eigenvalue weighted by atomic mass is 79.9. The number of aromatic nitrogens is 1. The van der Waals surface area contributed by atoms with Crippen molar-refractivity contribution in [3.8, 4) is 0 Å². The predicted octanol–water partition coefficient (Wildman–Crippen LogP) is 2.50. The van der Waals surface area contributed by atoms with Crippen LogP contribution in [-0.4, -0.2) is 4.98 Å². The maximum absolute atomic E-state index is 11.0. The summed E-state index contributed by atoms with van der Waals surface area (Å²) >= 11 is 3.41. The zero-order chi connectivity index (χ0) is 9.59. The summed E-state index contributed by atoms with van der Waals surface area (Å²) in [7, 11) is 0. The first kappa shape index (κ1) is 8.56. The Morgan fingerprint density at radius 2 is 2.15 bits per heavy atom. The Labute approximate surface area is 82.9 Å². The number of fused-ring (bicyclic) bond motifs is 1. The molecule has 0 unspecified atom stereocenters. The van der Waals surface area contributed by atoms with Crippen LogP contribution in [0.1, 0.15) is 11.1 Å². The van der Waals surface area contributed by atoms with E-state index in [1.54, 1.807) is 0 Å². The van der Waals surface area contributed by atoms with E-state index in [9.17, 15) is 4.79 Å². The van der Waals surface area contributed by atoms with Crippen LogP contribution in [0.15, 0.2) is 19.8 Å². The number of hydrogen-bond acceptors (Lipinski definition) is 2. The van der Waals surface area contributed by atoms with Crippen LogP contribution in [0.5, 0.6) is 0 Å². The molecular weight excluding hydrogens is 234 g/mol. The first-order valence-electron chi connectivity index (χ1n) is 3.88. The molecule has 2 aromatic rings. The molecule has 3 nitrogen and oxygen atoms in total. The van der Waals surface area contributed by atoms with Gasteiger partial charge in [0.1, 0.15) is 0 Å². The third-order valence-electron chi connectivity index (χ3n) is 2.08. The summed E-state index contributed by atoms with van der Waals surface area (Å²) in [6.45, 7) is 3.83. The number of halogens is 1. The number of hydrogen-bond donors (Lipinski definition) is 1. The second-order valence-electron chi connectivity index (χ2n) is 3.02. The highest BCUT2D eigenvalue weighted by molar-refractivity contribution is 9.10. The number of oxazole rings is 1. The van der Waals surface area contributed by atoms with E-state index in [1.807, 2.05) is 19.9 Å². The summed E-state index contributed by atoms with van der Waals surface area (Å²) in [5.41, 5.74) is 3.36. The van der Waals surface area contributed by atoms with Gasteiger partial charge < -0.3 is 4.42 Å². The Morgan fingerprint density at radius 3 is 2.85 bits per heavy atom. The van der Waals surface area contributed by atoms with Crippen LogP contribution in [0.4, 0.5) is 0 Å². The van der Waals surface area contributed by atoms with Crippen LogP contribution in [-0.2, 0) is 0 Å². The minimum absolute atomic E-state index is 0.403. The lowest BCUT2D eigenvalue weighted by atomic mass is 10.1. The molecule has 0 radical (unpaired) electrons. The fourth-order valence-electron chi connectivity index (χ4n) is 1.35. The fourth-order valence-corrected chi connectivity index (χ4v) is 1.89. The van der Waals surface area contributed by atoms with Crippen LogP contribution in [0, 0.1) is 13.8 Å². The lowest BCUT2D eigenvalue weighted by Crippen LogP contribution is -1.93. The Hall–Kier alpha value is -1.03. The van der Waals surface area contributed by atoms with E-state index in [0.29, 0.717) is 5.58 Å². The number of aromatic amines is 1. The van der Waals surface area contributed by atoms with Gasteiger partial charge in [0.05, 0.1) is 5.52 Å². The molecule has 0 fully saturated rings. The van der Waals surface area contributed by atoms with Crippen molar-refractivity contribution in [1.82, 2.24) is 4.98 Å². The van der Waals surface area contributed by atoms with Crippen molar-refractivity contribution >= 4 is 27.0 Å². The summed E-state index contributed by atoms with van der Waals surface area (Å²) < 4.78 is 5.98. The van der Waals surface area contributed by atoms with Crippen molar-refractivity contribution in [3.63, 3.8) is 0 Å². The monoisotopic (exact) mass is 241 g/mol. The summed E-state index contributed by atoms with van der Waals surface area (Å²) in [4.78, 5) is 13.6. The second kappa shape index (κ2) is 2.73. The summed E-state index contributed by atoms with van der Waals surface area (Å²) in [6.07, 6.45) is 0. The number of H-pyrrole nitrogens is 1. The van der Waals surface area contributed by atoms with Gasteiger partial charge in [-0.25, -0.2) is 4.79 Å². The maximum atomic E-state index is 11.0. The molecule has 0 bridgehead atoms. The van der Waals surface area contributed by atoms with Crippen molar-refractivity contribution in [2.24, 2.45) is 0 Å². The second-order valence-corrected chi connectivity index (χ2v) is 3.87. The van der Waals surface area contributed by atoms with Gasteiger partial charge in [-0.05, 0) is 31.0 Å². The lowest BCUT2D eigenvalue weighted by Gasteiger charge is -2.00. The number of rotatable bonds is 0. The van der Waals surface area contributed by atoms with Crippen LogP contribution in [0.25, 0.3) is 11.1 Å². The highest BCUT2D eigenvalue weighted by Gasteiger charge is 2.09. The Bertz CT molecular complexity index is 524. The molecule has 0 aliphatic rings. The molecular formula is C9H8BrNO2. The highest BCUT2D eigenvalue weighted by Crippen LogP contribution is 2.26. The zero-order valence-electron chi connectivity index (χ0n) is 7.27. The van der Waals surface area contributed by atoms with E-state index in [4.69, 9.17) is 4.42 Å². The van der Waals surface area contributed by atoms with E-state index >= 15 is 0 Å². The van der Waals surface area contributed by atoms with E-state index in [-0.39, 0.29) is 0 Å². The van der Waals surface area contributed by atoms with Gasteiger partial charge >= 0.3 is 5.76 Å². The van der Waals surface area contributed by atoms with Crippen LogP contribution >= 0.6 is 15.9 Å². The zero-order valence-corrected chi connectivity index (χ0v) is 8.86. The lowest BCUT2D eigenvalue weighted by molar-refractivity contribution is 0.553. The Kier molecular flexibility index (Phi) is 1.80. The molecule has 4 heteroatoms. The molecule has 0 aliphatic heterocycles. The van der Waals surface area contributed by atoms with Gasteiger partial charge in [-0.15, -0.1) is 0 Å². The first-order valence-corrected chi connectivity index (χ1v) is 4.67. The Morgan fingerprint density at radius 1 is 1.46 bits per heavy atom. The quantitative estimate of drug-likeness (QED) is 0.771. The van der Waals surface area contributed by atoms with Gasteiger partial charge in [0.15, 0.2) is 5.58 Å². The molecule has 0 saturated carbocycles. The van der Waals surface area contributed by atoms with Crippen molar-refractivity contribution in [2.75, 3.05) is 0 Å². The minimum Gasteiger partial charge on any atom is -0.408 e. The van der Waals surface area contributed by atoms with E-state index in [0.717, 1.165) is 21.1 Å². The van der Waals surface area contributed by atoms with Gasteiger partial charge in [0, 0.05) is 4.47 Å². The molecule has 68 valence electrons. The number of aryl methyl sites for hydroxylation is 2. The average molecular weight is 242 g/mol. The molecule has 1 aromatic heterocycles. The van der Waals surface area contributed by atoms with Gasteiger partial charge in [0.25, 0.3) is 0 Å². The maximum Gasteiger partial charge on any atom is 0.417 e. The van der Waals surface area contributed by atoms with Crippen molar-refractivity contribution in [2.45, 2.75) is 13.8 Å².